The van der Waals surface area contributed by atoms with Gasteiger partial charge in [0.1, 0.15) is 0 Å². The van der Waals surface area contributed by atoms with Gasteiger partial charge in [0.15, 0.2) is 23.0 Å². The second-order valence-electron chi connectivity index (χ2n) is 7.73. The molecule has 0 spiro atoms. The second kappa shape index (κ2) is 10.4. The number of sulfonamides is 2. The van der Waals surface area contributed by atoms with E-state index in [1.165, 1.54) is 80.5 Å². The molecule has 34 heavy (non-hydrogen) atoms. The largest absolute Gasteiger partial charge is 0.493 e. The van der Waals surface area contributed by atoms with Crippen LogP contribution in [0.2, 0.25) is 0 Å². The van der Waals surface area contributed by atoms with Gasteiger partial charge in [0.2, 0.25) is 20.0 Å². The fourth-order valence-electron chi connectivity index (χ4n) is 3.97. The van der Waals surface area contributed by atoms with Gasteiger partial charge in [-0.2, -0.15) is 8.61 Å². The molecular weight excluding hydrogens is 484 g/mol. The predicted molar refractivity (Wildman–Crippen MR) is 126 cm³/mol. The summed E-state index contributed by atoms with van der Waals surface area (Å²) >= 11 is 0. The summed E-state index contributed by atoms with van der Waals surface area (Å²) in [6.45, 7) is 0.300. The molecule has 12 heteroatoms. The first-order chi connectivity index (χ1) is 16.1. The van der Waals surface area contributed by atoms with Crippen molar-refractivity contribution in [3.8, 4) is 23.0 Å². The van der Waals surface area contributed by atoms with Crippen molar-refractivity contribution in [1.82, 2.24) is 8.61 Å². The molecule has 0 unspecified atom stereocenters. The molecule has 10 nitrogen and oxygen atoms in total. The van der Waals surface area contributed by atoms with Crippen LogP contribution in [0.5, 0.6) is 23.0 Å². The highest BCUT2D eigenvalue weighted by Gasteiger charge is 2.38. The van der Waals surface area contributed by atoms with Gasteiger partial charge in [0.05, 0.1) is 38.2 Å². The minimum Gasteiger partial charge on any atom is -0.493 e. The number of nitrogens with zero attached hydrogens (tertiary/aromatic N) is 2. The van der Waals surface area contributed by atoms with E-state index in [9.17, 15) is 16.8 Å². The average Bonchev–Trinajstić information content (AvgIpc) is 3.31. The third-order valence-corrected chi connectivity index (χ3v) is 9.58. The fraction of sp³-hybridized carbons (Fsp3) is 0.455. The van der Waals surface area contributed by atoms with E-state index in [4.69, 9.17) is 18.9 Å². The monoisotopic (exact) mass is 514 g/mol. The van der Waals surface area contributed by atoms with Crippen LogP contribution in [0.15, 0.2) is 46.2 Å². The summed E-state index contributed by atoms with van der Waals surface area (Å²) in [6, 6.07) is 8.22. The van der Waals surface area contributed by atoms with Crippen LogP contribution in [-0.2, 0) is 20.0 Å². The van der Waals surface area contributed by atoms with Gasteiger partial charge in [-0.15, -0.1) is 0 Å². The lowest BCUT2D eigenvalue weighted by Crippen LogP contribution is -2.43. The second-order valence-corrected chi connectivity index (χ2v) is 11.7. The molecule has 1 fully saturated rings. The van der Waals surface area contributed by atoms with Crippen molar-refractivity contribution in [3.63, 3.8) is 0 Å². The fourth-order valence-corrected chi connectivity index (χ4v) is 6.90. The highest BCUT2D eigenvalue weighted by molar-refractivity contribution is 7.89. The zero-order valence-electron chi connectivity index (χ0n) is 19.8. The van der Waals surface area contributed by atoms with Crippen LogP contribution < -0.4 is 18.9 Å². The van der Waals surface area contributed by atoms with E-state index >= 15 is 0 Å². The number of methoxy groups -OCH3 is 4. The number of hydrogen-bond acceptors (Lipinski definition) is 8. The molecule has 2 aromatic rings. The maximum Gasteiger partial charge on any atom is 0.243 e. The van der Waals surface area contributed by atoms with E-state index < -0.39 is 26.1 Å². The smallest absolute Gasteiger partial charge is 0.243 e. The summed E-state index contributed by atoms with van der Waals surface area (Å²) in [4.78, 5) is 0.0856. The van der Waals surface area contributed by atoms with Crippen LogP contribution >= 0.6 is 0 Å². The first-order valence-electron chi connectivity index (χ1n) is 10.5. The molecule has 0 bridgehead atoms. The van der Waals surface area contributed by atoms with E-state index in [2.05, 4.69) is 0 Å². The van der Waals surface area contributed by atoms with E-state index in [-0.39, 0.29) is 22.1 Å². The van der Waals surface area contributed by atoms with Crippen molar-refractivity contribution >= 4 is 20.0 Å². The Hall–Kier alpha value is -2.54. The van der Waals surface area contributed by atoms with Crippen LogP contribution in [0.3, 0.4) is 0 Å². The highest BCUT2D eigenvalue weighted by Crippen LogP contribution is 2.34. The Labute approximate surface area is 201 Å². The molecule has 0 saturated carbocycles. The molecular formula is C22H30N2O8S2. The molecule has 1 atom stereocenters. The third kappa shape index (κ3) is 4.95. The first kappa shape index (κ1) is 26.1. The zero-order chi connectivity index (χ0) is 25.1. The lowest BCUT2D eigenvalue weighted by Gasteiger charge is -2.28. The van der Waals surface area contributed by atoms with Gasteiger partial charge < -0.3 is 18.9 Å². The van der Waals surface area contributed by atoms with E-state index in [1.807, 2.05) is 0 Å². The van der Waals surface area contributed by atoms with E-state index in [0.717, 1.165) is 0 Å². The molecule has 188 valence electrons. The quantitative estimate of drug-likeness (QED) is 0.474. The third-order valence-electron chi connectivity index (χ3n) is 5.82. The molecule has 2 aromatic carbocycles. The van der Waals surface area contributed by atoms with Gasteiger partial charge in [0, 0.05) is 38.3 Å². The molecule has 0 N–H and O–H groups in total. The van der Waals surface area contributed by atoms with Crippen LogP contribution in [0.25, 0.3) is 0 Å². The number of likely N-dealkylation sites (N-methyl/N-ethyl adjacent to an activating group) is 1. The maximum atomic E-state index is 13.4. The van der Waals surface area contributed by atoms with Crippen molar-refractivity contribution in [2.75, 3.05) is 48.6 Å². The van der Waals surface area contributed by atoms with Gasteiger partial charge in [-0.25, -0.2) is 16.8 Å². The predicted octanol–water partition coefficient (Wildman–Crippen LogP) is 2.19. The van der Waals surface area contributed by atoms with Crippen LogP contribution in [0, 0.1) is 0 Å². The molecule has 0 aromatic heterocycles. The maximum absolute atomic E-state index is 13.4. The molecule has 0 amide bonds. The molecule has 1 heterocycles. The summed E-state index contributed by atoms with van der Waals surface area (Å²) in [5, 5.41) is 0. The summed E-state index contributed by atoms with van der Waals surface area (Å²) in [5.74, 6) is 1.41. The lowest BCUT2D eigenvalue weighted by atomic mass is 10.2. The Kier molecular flexibility index (Phi) is 7.96. The first-order valence-corrected chi connectivity index (χ1v) is 13.4. The molecule has 1 saturated heterocycles. The Bertz CT molecular complexity index is 1230. The normalized spacial score (nSPS) is 17.1. The Morgan fingerprint density at radius 2 is 1.32 bits per heavy atom. The highest BCUT2D eigenvalue weighted by atomic mass is 32.2. The molecule has 3 rings (SSSR count). The van der Waals surface area contributed by atoms with Crippen LogP contribution in [0.4, 0.5) is 0 Å². The molecule has 1 aliphatic rings. The van der Waals surface area contributed by atoms with Crippen LogP contribution in [0.1, 0.15) is 12.8 Å². The topological polar surface area (TPSA) is 112 Å². The average molecular weight is 515 g/mol. The van der Waals surface area contributed by atoms with E-state index in [0.29, 0.717) is 36.6 Å². The van der Waals surface area contributed by atoms with Crippen molar-refractivity contribution in [2.45, 2.75) is 28.7 Å². The summed E-state index contributed by atoms with van der Waals surface area (Å²) in [7, 11) is -0.554. The Morgan fingerprint density at radius 1 is 0.824 bits per heavy atom. The van der Waals surface area contributed by atoms with Gasteiger partial charge in [-0.3, -0.25) is 0 Å². The molecule has 1 aliphatic heterocycles. The number of ether oxygens (including phenoxy) is 4. The Balaban J connectivity index is 1.85. The SMILES string of the molecule is COc1ccc(S(=O)(=O)N(C)C[C@H]2CCCN2S(=O)(=O)c2ccc(OC)c(OC)c2)cc1OC. The molecule has 0 radical (unpaired) electrons. The minimum absolute atomic E-state index is 0.00317. The van der Waals surface area contributed by atoms with Crippen molar-refractivity contribution < 1.29 is 35.8 Å². The zero-order valence-corrected chi connectivity index (χ0v) is 21.5. The standard InChI is InChI=1S/C22H30N2O8S2/c1-23(33(25,26)17-8-10-19(29-2)21(13-17)31-4)15-16-7-6-12-24(16)34(27,28)18-9-11-20(30-3)22(14-18)32-5/h8-11,13-14,16H,6-7,12,15H2,1-5H3/t16-/m1/s1. The summed E-state index contributed by atoms with van der Waals surface area (Å²) in [6.07, 6.45) is 1.17. The summed E-state index contributed by atoms with van der Waals surface area (Å²) in [5.41, 5.74) is 0. The van der Waals surface area contributed by atoms with E-state index in [1.54, 1.807) is 0 Å². The van der Waals surface area contributed by atoms with Crippen LogP contribution in [-0.4, -0.2) is 80.1 Å². The van der Waals surface area contributed by atoms with Gasteiger partial charge >= 0.3 is 0 Å². The van der Waals surface area contributed by atoms with Gasteiger partial charge in [-0.1, -0.05) is 0 Å². The van der Waals surface area contributed by atoms with Crippen molar-refractivity contribution in [3.05, 3.63) is 36.4 Å². The van der Waals surface area contributed by atoms with Gasteiger partial charge in [0.25, 0.3) is 0 Å². The number of hydrogen-bond donors (Lipinski definition) is 0. The number of rotatable bonds is 10. The number of benzene rings is 2. The minimum atomic E-state index is -3.90. The molecule has 0 aliphatic carbocycles. The lowest BCUT2D eigenvalue weighted by molar-refractivity contribution is 0.327. The Morgan fingerprint density at radius 3 is 1.85 bits per heavy atom. The van der Waals surface area contributed by atoms with Crippen molar-refractivity contribution in [1.29, 1.82) is 0 Å². The summed E-state index contributed by atoms with van der Waals surface area (Å²) < 4.78 is 76.5. The van der Waals surface area contributed by atoms with Gasteiger partial charge in [-0.05, 0) is 37.1 Å². The van der Waals surface area contributed by atoms with Crippen molar-refractivity contribution in [2.24, 2.45) is 0 Å².